The van der Waals surface area contributed by atoms with E-state index in [1.165, 1.54) is 12.1 Å². The number of hydrogen-bond donors (Lipinski definition) is 2. The minimum absolute atomic E-state index is 0.236. The van der Waals surface area contributed by atoms with E-state index in [1.54, 1.807) is 19.1 Å². The molecular weight excluding hydrogens is 259 g/mol. The summed E-state index contributed by atoms with van der Waals surface area (Å²) in [6, 6.07) is 6.03. The van der Waals surface area contributed by atoms with Gasteiger partial charge in [0.05, 0.1) is 0 Å². The molecule has 96 valence electrons. The molecule has 2 aromatic rings. The summed E-state index contributed by atoms with van der Waals surface area (Å²) in [5.74, 6) is 0.236. The molecule has 6 nitrogen and oxygen atoms in total. The second-order valence-electron chi connectivity index (χ2n) is 3.84. The number of ether oxygens (including phenoxy) is 1. The number of benzene rings is 1. The van der Waals surface area contributed by atoms with Crippen molar-refractivity contribution < 1.29 is 23.5 Å². The molecule has 0 saturated carbocycles. The highest BCUT2D eigenvalue weighted by Crippen LogP contribution is 2.35. The second-order valence-corrected chi connectivity index (χ2v) is 5.43. The van der Waals surface area contributed by atoms with Crippen molar-refractivity contribution in [2.45, 2.75) is 6.92 Å². The van der Waals surface area contributed by atoms with Crippen LogP contribution in [0.15, 0.2) is 33.5 Å². The van der Waals surface area contributed by atoms with Crippen LogP contribution in [-0.2, 0) is 4.57 Å². The predicted molar refractivity (Wildman–Crippen MR) is 64.8 cm³/mol. The van der Waals surface area contributed by atoms with Gasteiger partial charge in [-0.2, -0.15) is 0 Å². The van der Waals surface area contributed by atoms with Crippen LogP contribution in [0.5, 0.6) is 5.75 Å². The topological polar surface area (TPSA) is 97.0 Å². The smallest absolute Gasteiger partial charge is 0.362 e. The molecule has 0 radical (unpaired) electrons. The quantitative estimate of drug-likeness (QED) is 0.649. The van der Waals surface area contributed by atoms with E-state index in [2.05, 4.69) is 0 Å². The van der Waals surface area contributed by atoms with Gasteiger partial charge in [-0.1, -0.05) is 0 Å². The van der Waals surface area contributed by atoms with Crippen LogP contribution in [0.4, 0.5) is 0 Å². The molecule has 2 rings (SSSR count). The molecule has 0 amide bonds. The van der Waals surface area contributed by atoms with E-state index in [1.807, 2.05) is 0 Å². The Bertz CT molecular complexity index is 683. The number of fused-ring (bicyclic) bond motifs is 1. The van der Waals surface area contributed by atoms with Crippen molar-refractivity contribution >= 4 is 18.6 Å². The monoisotopic (exact) mass is 270 g/mol. The summed E-state index contributed by atoms with van der Waals surface area (Å²) in [5.41, 5.74) is 0.609. The van der Waals surface area contributed by atoms with E-state index < -0.39 is 19.6 Å². The second kappa shape index (κ2) is 4.57. The number of hydrogen-bond acceptors (Lipinski definition) is 4. The zero-order valence-corrected chi connectivity index (χ0v) is 10.4. The van der Waals surface area contributed by atoms with Crippen molar-refractivity contribution in [1.82, 2.24) is 0 Å². The Balaban J connectivity index is 2.38. The van der Waals surface area contributed by atoms with E-state index in [4.69, 9.17) is 18.9 Å². The fraction of sp³-hybridized carbons (Fsp3) is 0.182. The molecule has 18 heavy (non-hydrogen) atoms. The molecule has 0 atom stereocenters. The molecule has 0 fully saturated rings. The molecule has 0 spiro atoms. The van der Waals surface area contributed by atoms with Crippen LogP contribution < -0.4 is 10.4 Å². The normalized spacial score (nSPS) is 11.7. The van der Waals surface area contributed by atoms with Gasteiger partial charge in [0.1, 0.15) is 11.3 Å². The Morgan fingerprint density at radius 1 is 1.33 bits per heavy atom. The summed E-state index contributed by atoms with van der Waals surface area (Å²) in [6.07, 6.45) is -0.714. The Morgan fingerprint density at radius 3 is 2.72 bits per heavy atom. The third-order valence-electron chi connectivity index (χ3n) is 2.32. The van der Waals surface area contributed by atoms with Gasteiger partial charge in [0.25, 0.3) is 0 Å². The molecule has 1 heterocycles. The van der Waals surface area contributed by atoms with Gasteiger partial charge in [-0.3, -0.25) is 4.57 Å². The number of rotatable bonds is 3. The van der Waals surface area contributed by atoms with E-state index in [0.29, 0.717) is 5.58 Å². The van der Waals surface area contributed by atoms with Gasteiger partial charge in [-0.05, 0) is 24.6 Å². The largest absolute Gasteiger partial charge is 0.481 e. The van der Waals surface area contributed by atoms with Crippen molar-refractivity contribution in [3.63, 3.8) is 0 Å². The molecule has 0 unspecified atom stereocenters. The lowest BCUT2D eigenvalue weighted by Crippen LogP contribution is -2.00. The third kappa shape index (κ3) is 2.98. The third-order valence-corrected chi connectivity index (χ3v) is 2.79. The van der Waals surface area contributed by atoms with Gasteiger partial charge in [0.2, 0.25) is 0 Å². The first-order valence-electron chi connectivity index (χ1n) is 5.07. The summed E-state index contributed by atoms with van der Waals surface area (Å²) in [7, 11) is -4.23. The summed E-state index contributed by atoms with van der Waals surface area (Å²) in [6.45, 7) is 1.77. The first kappa shape index (κ1) is 12.8. The first-order valence-corrected chi connectivity index (χ1v) is 6.87. The van der Waals surface area contributed by atoms with E-state index in [0.717, 1.165) is 10.9 Å². The minimum Gasteiger partial charge on any atom is -0.481 e. The van der Waals surface area contributed by atoms with E-state index in [9.17, 15) is 9.36 Å². The van der Waals surface area contributed by atoms with Gasteiger partial charge in [0, 0.05) is 17.5 Å². The Kier molecular flexibility index (Phi) is 3.26. The zero-order chi connectivity index (χ0) is 13.3. The predicted octanol–water partition coefficient (Wildman–Crippen LogP) is 1.62. The Labute approximate surface area is 102 Å². The Hall–Kier alpha value is -1.62. The Morgan fingerprint density at radius 2 is 2.06 bits per heavy atom. The fourth-order valence-corrected chi connectivity index (χ4v) is 1.87. The molecule has 0 aliphatic carbocycles. The van der Waals surface area contributed by atoms with Crippen LogP contribution >= 0.6 is 7.60 Å². The lowest BCUT2D eigenvalue weighted by Gasteiger charge is -2.08. The van der Waals surface area contributed by atoms with Gasteiger partial charge in [-0.15, -0.1) is 0 Å². The average Bonchev–Trinajstić information content (AvgIpc) is 2.24. The molecule has 1 aromatic heterocycles. The highest BCUT2D eigenvalue weighted by molar-refractivity contribution is 7.51. The zero-order valence-electron chi connectivity index (χ0n) is 9.49. The standard InChI is InChI=1S/C11H11O6P/c1-7-4-11(12)17-10-5-8(2-3-9(7)10)16-6-18(13,14)15/h2-5H,6H2,1H3,(H2,13,14,15). The van der Waals surface area contributed by atoms with Crippen LogP contribution in [0, 0.1) is 6.92 Å². The molecule has 2 N–H and O–H groups in total. The molecule has 0 bridgehead atoms. The van der Waals surface area contributed by atoms with Gasteiger partial charge in [0.15, 0.2) is 6.35 Å². The molecule has 0 saturated heterocycles. The summed E-state index contributed by atoms with van der Waals surface area (Å²) in [5, 5.41) is 0.748. The first-order chi connectivity index (χ1) is 8.35. The SMILES string of the molecule is Cc1cc(=O)oc2cc(OCP(=O)(O)O)ccc12. The van der Waals surface area contributed by atoms with Crippen LogP contribution in [0.25, 0.3) is 11.0 Å². The molecule has 7 heteroatoms. The average molecular weight is 270 g/mol. The number of aryl methyl sites for hydroxylation is 1. The summed E-state index contributed by atoms with van der Waals surface area (Å²) < 4.78 is 20.6. The van der Waals surface area contributed by atoms with Crippen LogP contribution in [-0.4, -0.2) is 16.1 Å². The van der Waals surface area contributed by atoms with Crippen LogP contribution in [0.2, 0.25) is 0 Å². The van der Waals surface area contributed by atoms with Crippen molar-refractivity contribution in [1.29, 1.82) is 0 Å². The van der Waals surface area contributed by atoms with Crippen molar-refractivity contribution in [2.24, 2.45) is 0 Å². The van der Waals surface area contributed by atoms with Crippen molar-refractivity contribution in [3.05, 3.63) is 40.2 Å². The lowest BCUT2D eigenvalue weighted by atomic mass is 10.1. The van der Waals surface area contributed by atoms with Crippen LogP contribution in [0.1, 0.15) is 5.56 Å². The molecule has 1 aromatic carbocycles. The lowest BCUT2D eigenvalue weighted by molar-refractivity contribution is 0.300. The summed E-state index contributed by atoms with van der Waals surface area (Å²) in [4.78, 5) is 28.6. The minimum atomic E-state index is -4.23. The molecular formula is C11H11O6P. The highest BCUT2D eigenvalue weighted by Gasteiger charge is 2.14. The van der Waals surface area contributed by atoms with Crippen LogP contribution in [0.3, 0.4) is 0 Å². The molecule has 0 aliphatic rings. The van der Waals surface area contributed by atoms with E-state index in [-0.39, 0.29) is 5.75 Å². The maximum atomic E-state index is 11.2. The van der Waals surface area contributed by atoms with Gasteiger partial charge >= 0.3 is 13.2 Å². The maximum absolute atomic E-state index is 11.2. The highest BCUT2D eigenvalue weighted by atomic mass is 31.2. The fourth-order valence-electron chi connectivity index (χ4n) is 1.55. The van der Waals surface area contributed by atoms with E-state index >= 15 is 0 Å². The van der Waals surface area contributed by atoms with Crippen molar-refractivity contribution in [3.8, 4) is 5.75 Å². The summed E-state index contributed by atoms with van der Waals surface area (Å²) >= 11 is 0. The van der Waals surface area contributed by atoms with Crippen molar-refractivity contribution in [2.75, 3.05) is 6.35 Å². The molecule has 0 aliphatic heterocycles. The van der Waals surface area contributed by atoms with Gasteiger partial charge < -0.3 is 18.9 Å². The van der Waals surface area contributed by atoms with Gasteiger partial charge in [-0.25, -0.2) is 4.79 Å². The maximum Gasteiger partial charge on any atom is 0.362 e.